The first-order chi connectivity index (χ1) is 20.7. The summed E-state index contributed by atoms with van der Waals surface area (Å²) < 4.78 is 6.24. The minimum absolute atomic E-state index is 0.0677. The lowest BCUT2D eigenvalue weighted by Gasteiger charge is -2.49. The summed E-state index contributed by atoms with van der Waals surface area (Å²) in [4.78, 5) is 65.5. The molecule has 0 aliphatic carbocycles. The summed E-state index contributed by atoms with van der Waals surface area (Å²) in [6.07, 6.45) is 0. The van der Waals surface area contributed by atoms with Crippen LogP contribution >= 0.6 is 46.2 Å². The number of nitrogens with zero attached hydrogens (tertiary/aromatic N) is 4. The van der Waals surface area contributed by atoms with Crippen molar-refractivity contribution >= 4 is 80.7 Å². The molecular weight excluding hydrogens is 637 g/mol. The maximum atomic E-state index is 13.2. The smallest absolute Gasteiger partial charge is 0.352 e. The predicted molar refractivity (Wildman–Crippen MR) is 163 cm³/mol. The highest BCUT2D eigenvalue weighted by atomic mass is 32.2. The zero-order valence-corrected chi connectivity index (χ0v) is 25.9. The van der Waals surface area contributed by atoms with E-state index in [0.29, 0.717) is 22.8 Å². The molecule has 0 spiro atoms. The van der Waals surface area contributed by atoms with Gasteiger partial charge in [-0.15, -0.1) is 34.4 Å². The van der Waals surface area contributed by atoms with Gasteiger partial charge in [-0.1, -0.05) is 35.1 Å². The summed E-state index contributed by atoms with van der Waals surface area (Å²) in [6.45, 7) is 1.64. The third-order valence-electron chi connectivity index (χ3n) is 6.01. The number of para-hydroxylation sites is 1. The fraction of sp³-hybridized carbons (Fsp3) is 0.269. The van der Waals surface area contributed by atoms with E-state index in [0.717, 1.165) is 21.4 Å². The van der Waals surface area contributed by atoms with E-state index in [1.807, 2.05) is 18.4 Å². The number of carboxylic acid groups (broad SMARTS) is 1. The lowest BCUT2D eigenvalue weighted by molar-refractivity contribution is -0.150. The van der Waals surface area contributed by atoms with E-state index in [4.69, 9.17) is 9.57 Å². The number of nitrogens with one attached hydrogen (secondary N) is 2. The van der Waals surface area contributed by atoms with E-state index in [9.17, 15) is 24.3 Å². The van der Waals surface area contributed by atoms with Crippen molar-refractivity contribution in [1.29, 1.82) is 0 Å². The summed E-state index contributed by atoms with van der Waals surface area (Å²) in [6, 6.07) is 7.87. The van der Waals surface area contributed by atoms with Crippen LogP contribution in [0.15, 0.2) is 61.9 Å². The fourth-order valence-electron chi connectivity index (χ4n) is 4.11. The molecule has 0 saturated carbocycles. The fourth-order valence-corrected chi connectivity index (χ4v) is 8.15. The zero-order chi connectivity index (χ0) is 30.5. The van der Waals surface area contributed by atoms with Gasteiger partial charge in [0.2, 0.25) is 0 Å². The van der Waals surface area contributed by atoms with Crippen LogP contribution in [0.4, 0.5) is 5.13 Å². The quantitative estimate of drug-likeness (QED) is 0.113. The number of fused-ring (bicyclic) bond motifs is 1. The van der Waals surface area contributed by atoms with Gasteiger partial charge in [-0.05, 0) is 24.6 Å². The van der Waals surface area contributed by atoms with E-state index in [1.165, 1.54) is 52.3 Å². The van der Waals surface area contributed by atoms with Crippen LogP contribution in [0.25, 0.3) is 0 Å². The number of amides is 3. The van der Waals surface area contributed by atoms with Gasteiger partial charge in [0.1, 0.15) is 40.0 Å². The van der Waals surface area contributed by atoms with Crippen LogP contribution in [0.1, 0.15) is 11.4 Å². The largest absolute Gasteiger partial charge is 0.484 e. The van der Waals surface area contributed by atoms with Gasteiger partial charge in [-0.2, -0.15) is 0 Å². The first kappa shape index (κ1) is 30.5. The number of hydrogen-bond acceptors (Lipinski definition) is 13. The Morgan fingerprint density at radius 3 is 2.67 bits per heavy atom. The molecule has 2 aromatic heterocycles. The van der Waals surface area contributed by atoms with E-state index < -0.39 is 35.1 Å². The van der Waals surface area contributed by atoms with Crippen LogP contribution in [0.2, 0.25) is 0 Å². The number of carboxylic acids is 1. The highest BCUT2D eigenvalue weighted by Crippen LogP contribution is 2.41. The van der Waals surface area contributed by atoms with E-state index in [-0.39, 0.29) is 28.8 Å². The summed E-state index contributed by atoms with van der Waals surface area (Å²) >= 11 is 5.33. The molecule has 0 radical (unpaired) electrons. The third-order valence-corrected chi connectivity index (χ3v) is 10.3. The Hall–Kier alpha value is -3.93. The Labute approximate surface area is 261 Å². The number of hydrogen-bond donors (Lipinski definition) is 3. The summed E-state index contributed by atoms with van der Waals surface area (Å²) in [5, 5.41) is 22.0. The van der Waals surface area contributed by atoms with Crippen molar-refractivity contribution < 1.29 is 33.9 Å². The molecule has 2 aliphatic rings. The number of carbonyl (C=O) groups is 4. The normalized spacial score (nSPS) is 18.0. The number of ether oxygens (including phenoxy) is 1. The summed E-state index contributed by atoms with van der Waals surface area (Å²) in [7, 11) is 1.26. The van der Waals surface area contributed by atoms with Crippen molar-refractivity contribution in [2.75, 3.05) is 30.5 Å². The van der Waals surface area contributed by atoms with Crippen molar-refractivity contribution in [1.82, 2.24) is 20.2 Å². The Kier molecular flexibility index (Phi) is 9.64. The minimum atomic E-state index is -1.21. The van der Waals surface area contributed by atoms with E-state index in [2.05, 4.69) is 25.8 Å². The molecule has 43 heavy (non-hydrogen) atoms. The zero-order valence-electron chi connectivity index (χ0n) is 22.6. The maximum absolute atomic E-state index is 13.2. The molecule has 3 N–H and O–H groups in total. The monoisotopic (exact) mass is 660 g/mol. The van der Waals surface area contributed by atoms with Crippen LogP contribution in [0, 0.1) is 6.92 Å². The third kappa shape index (κ3) is 7.01. The number of rotatable bonds is 12. The van der Waals surface area contributed by atoms with Crippen molar-refractivity contribution in [3.63, 3.8) is 0 Å². The Bertz CT molecular complexity index is 1610. The Balaban J connectivity index is 1.21. The predicted octanol–water partition coefficient (Wildman–Crippen LogP) is 2.81. The molecule has 0 bridgehead atoms. The number of β-lactam (4-membered cyclic amide) rings is 1. The van der Waals surface area contributed by atoms with Gasteiger partial charge in [0.05, 0.1) is 0 Å². The van der Waals surface area contributed by atoms with Crippen LogP contribution in [-0.4, -0.2) is 86.0 Å². The van der Waals surface area contributed by atoms with Crippen molar-refractivity contribution in [2.24, 2.45) is 5.16 Å². The maximum Gasteiger partial charge on any atom is 0.352 e. The SMILES string of the molecule is CON=C(C(=O)N[C@@H]1C(=O)N2C(C(=O)O)=C(CSc3nc(C)cs3)CS[C@@H]12)c1csc(NC(=O)COc2ccccc2)n1. The number of thioether (sulfide) groups is 2. The Morgan fingerprint density at radius 1 is 1.19 bits per heavy atom. The molecule has 13 nitrogen and oxygen atoms in total. The number of oxime groups is 1. The van der Waals surface area contributed by atoms with Crippen molar-refractivity contribution in [2.45, 2.75) is 22.7 Å². The highest BCUT2D eigenvalue weighted by Gasteiger charge is 2.54. The molecule has 4 heterocycles. The average molecular weight is 661 g/mol. The number of benzene rings is 1. The van der Waals surface area contributed by atoms with Gasteiger partial charge in [-0.25, -0.2) is 14.8 Å². The second-order valence-electron chi connectivity index (χ2n) is 8.97. The Morgan fingerprint density at radius 2 is 1.98 bits per heavy atom. The first-order valence-corrected chi connectivity index (χ1v) is 16.3. The average Bonchev–Trinajstić information content (AvgIpc) is 3.64. The molecule has 1 aromatic carbocycles. The second-order valence-corrected chi connectivity index (χ2v) is 13.0. The molecular formula is C26H24N6O7S4. The summed E-state index contributed by atoms with van der Waals surface area (Å²) in [5.41, 5.74) is 1.33. The molecule has 0 unspecified atom stereocenters. The number of aromatic nitrogens is 2. The van der Waals surface area contributed by atoms with Crippen LogP contribution in [0.3, 0.4) is 0 Å². The molecule has 1 saturated heterocycles. The van der Waals surface area contributed by atoms with Gasteiger partial charge >= 0.3 is 5.97 Å². The number of anilines is 1. The van der Waals surface area contributed by atoms with Crippen LogP contribution < -0.4 is 15.4 Å². The molecule has 1 fully saturated rings. The summed E-state index contributed by atoms with van der Waals surface area (Å²) in [5.74, 6) is -1.65. The lowest BCUT2D eigenvalue weighted by Crippen LogP contribution is -2.71. The molecule has 2 atom stereocenters. The number of carbonyl (C=O) groups excluding carboxylic acids is 3. The van der Waals surface area contributed by atoms with Gasteiger partial charge in [0, 0.05) is 28.0 Å². The highest BCUT2D eigenvalue weighted by molar-refractivity contribution is 8.01. The van der Waals surface area contributed by atoms with Crippen LogP contribution in [-0.2, 0) is 24.0 Å². The molecule has 2 aliphatic heterocycles. The number of aryl methyl sites for hydroxylation is 1. The van der Waals surface area contributed by atoms with Crippen molar-refractivity contribution in [3.05, 3.63) is 63.7 Å². The second kappa shape index (κ2) is 13.6. The topological polar surface area (TPSA) is 172 Å². The minimum Gasteiger partial charge on any atom is -0.484 e. The number of thiazole rings is 2. The molecule has 3 amide bonds. The van der Waals surface area contributed by atoms with Gasteiger partial charge in [-0.3, -0.25) is 24.6 Å². The van der Waals surface area contributed by atoms with Gasteiger partial charge in [0.25, 0.3) is 17.7 Å². The number of aliphatic carboxylic acids is 1. The van der Waals surface area contributed by atoms with Gasteiger partial charge < -0.3 is 20.0 Å². The molecule has 5 rings (SSSR count). The van der Waals surface area contributed by atoms with E-state index in [1.54, 1.807) is 24.3 Å². The first-order valence-electron chi connectivity index (χ1n) is 12.6. The lowest BCUT2D eigenvalue weighted by atomic mass is 10.0. The van der Waals surface area contributed by atoms with Gasteiger partial charge in [0.15, 0.2) is 17.5 Å². The van der Waals surface area contributed by atoms with Crippen LogP contribution in [0.5, 0.6) is 5.75 Å². The van der Waals surface area contributed by atoms with Crippen molar-refractivity contribution in [3.8, 4) is 5.75 Å². The molecule has 3 aromatic rings. The standard InChI is InChI=1S/C26H24N6O7S4/c1-13-9-42-26(27-13)43-11-14-10-40-23-19(22(35)32(23)20(14)24(36)37)30-21(34)18(31-38-2)16-12-41-25(28-16)29-17(33)8-39-15-6-4-3-5-7-15/h3-7,9,12,19,23H,8,10-11H2,1-2H3,(H,30,34)(H,36,37)(H,28,29,33)/t19-,23+/m1/s1. The van der Waals surface area contributed by atoms with E-state index >= 15 is 0 Å². The molecule has 17 heteroatoms. The molecule has 224 valence electrons.